The van der Waals surface area contributed by atoms with E-state index in [1.165, 1.54) is 0 Å². The highest BCUT2D eigenvalue weighted by Gasteiger charge is 2.22. The first-order valence-electron chi connectivity index (χ1n) is 6.67. The van der Waals surface area contributed by atoms with E-state index >= 15 is 0 Å². The summed E-state index contributed by atoms with van der Waals surface area (Å²) in [4.78, 5) is 12.2. The summed E-state index contributed by atoms with van der Waals surface area (Å²) in [5, 5.41) is 10.3. The quantitative estimate of drug-likeness (QED) is 0.464. The summed E-state index contributed by atoms with van der Waals surface area (Å²) in [5.74, 6) is 0.805. The summed E-state index contributed by atoms with van der Waals surface area (Å²) < 4.78 is 10.4. The van der Waals surface area contributed by atoms with E-state index < -0.39 is 11.2 Å². The van der Waals surface area contributed by atoms with E-state index in [1.54, 1.807) is 31.4 Å². The zero-order chi connectivity index (χ0) is 15.8. The minimum atomic E-state index is -0.571. The number of carbonyl (C=O) groups excluding carboxylic acids is 1. The Morgan fingerprint density at radius 3 is 2.41 bits per heavy atom. The van der Waals surface area contributed by atoms with Gasteiger partial charge in [-0.25, -0.2) is 0 Å². The molecule has 5 heteroatoms. The van der Waals surface area contributed by atoms with Crippen LogP contribution in [0.3, 0.4) is 0 Å². The van der Waals surface area contributed by atoms with Gasteiger partial charge in [-0.15, -0.1) is 0 Å². The van der Waals surface area contributed by atoms with E-state index in [0.717, 1.165) is 23.1 Å². The third-order valence-corrected chi connectivity index (χ3v) is 3.75. The molecular formula is C17H15NO3S. The number of thiocyanates is 1. The molecule has 0 saturated carbocycles. The van der Waals surface area contributed by atoms with Gasteiger partial charge in [-0.2, -0.15) is 5.26 Å². The summed E-state index contributed by atoms with van der Waals surface area (Å²) in [5.41, 5.74) is 0.943. The fourth-order valence-corrected chi connectivity index (χ4v) is 2.43. The van der Waals surface area contributed by atoms with Gasteiger partial charge in [0.15, 0.2) is 0 Å². The molecule has 4 nitrogen and oxygen atoms in total. The number of benzene rings is 2. The number of para-hydroxylation sites is 1. The number of methoxy groups -OCH3 is 1. The van der Waals surface area contributed by atoms with Crippen LogP contribution in [0.5, 0.6) is 11.5 Å². The van der Waals surface area contributed by atoms with Crippen LogP contribution in [0.2, 0.25) is 0 Å². The van der Waals surface area contributed by atoms with E-state index in [9.17, 15) is 4.79 Å². The second-order valence-corrected chi connectivity index (χ2v) is 5.47. The van der Waals surface area contributed by atoms with Crippen molar-refractivity contribution in [3.8, 4) is 16.9 Å². The second-order valence-electron chi connectivity index (χ2n) is 4.48. The standard InChI is InChI=1S/C17H15NO3S/c1-20-14-9-7-13(8-10-14)11-16(22-12-18)17(19)21-15-5-3-2-4-6-15/h2-10,16H,11H2,1H3. The van der Waals surface area contributed by atoms with Crippen LogP contribution in [0.25, 0.3) is 0 Å². The van der Waals surface area contributed by atoms with Gasteiger partial charge in [0, 0.05) is 0 Å². The molecule has 1 unspecified atom stereocenters. The maximum Gasteiger partial charge on any atom is 0.325 e. The highest BCUT2D eigenvalue weighted by Crippen LogP contribution is 2.21. The molecule has 0 aliphatic heterocycles. The van der Waals surface area contributed by atoms with Crippen LogP contribution in [0.1, 0.15) is 5.56 Å². The van der Waals surface area contributed by atoms with E-state index in [4.69, 9.17) is 14.7 Å². The third-order valence-electron chi connectivity index (χ3n) is 3.00. The van der Waals surface area contributed by atoms with Gasteiger partial charge in [0.2, 0.25) is 0 Å². The predicted molar refractivity (Wildman–Crippen MR) is 85.8 cm³/mol. The monoisotopic (exact) mass is 313 g/mol. The number of hydrogen-bond acceptors (Lipinski definition) is 5. The van der Waals surface area contributed by atoms with Gasteiger partial charge in [0.1, 0.15) is 22.2 Å². The van der Waals surface area contributed by atoms with Gasteiger partial charge in [-0.3, -0.25) is 4.79 Å². The molecule has 0 N–H and O–H groups in total. The molecule has 1 atom stereocenters. The number of carbonyl (C=O) groups is 1. The number of nitrogens with zero attached hydrogens (tertiary/aromatic N) is 1. The van der Waals surface area contributed by atoms with E-state index in [0.29, 0.717) is 12.2 Å². The van der Waals surface area contributed by atoms with Gasteiger partial charge in [0.05, 0.1) is 7.11 Å². The minimum Gasteiger partial charge on any atom is -0.497 e. The van der Waals surface area contributed by atoms with Gasteiger partial charge in [-0.1, -0.05) is 30.3 Å². The number of nitriles is 1. The average Bonchev–Trinajstić information content (AvgIpc) is 2.56. The molecule has 0 spiro atoms. The Bertz CT molecular complexity index is 650. The van der Waals surface area contributed by atoms with Crippen molar-refractivity contribution in [3.05, 3.63) is 60.2 Å². The number of rotatable bonds is 6. The van der Waals surface area contributed by atoms with E-state index in [1.807, 2.05) is 35.7 Å². The van der Waals surface area contributed by atoms with Crippen molar-refractivity contribution in [1.82, 2.24) is 0 Å². The number of thioether (sulfide) groups is 1. The molecule has 0 aliphatic rings. The van der Waals surface area contributed by atoms with E-state index in [-0.39, 0.29) is 0 Å². The predicted octanol–water partition coefficient (Wildman–Crippen LogP) is 3.43. The van der Waals surface area contributed by atoms with Crippen molar-refractivity contribution < 1.29 is 14.3 Å². The smallest absolute Gasteiger partial charge is 0.325 e. The maximum atomic E-state index is 12.2. The molecule has 0 aromatic heterocycles. The van der Waals surface area contributed by atoms with Crippen LogP contribution >= 0.6 is 11.8 Å². The molecule has 22 heavy (non-hydrogen) atoms. The molecular weight excluding hydrogens is 298 g/mol. The minimum absolute atomic E-state index is 0.423. The maximum absolute atomic E-state index is 12.2. The van der Waals surface area contributed by atoms with E-state index in [2.05, 4.69) is 0 Å². The molecule has 0 bridgehead atoms. The Hall–Kier alpha value is -2.45. The van der Waals surface area contributed by atoms with Crippen LogP contribution in [0.15, 0.2) is 54.6 Å². The third kappa shape index (κ3) is 4.54. The van der Waals surface area contributed by atoms with Crippen LogP contribution < -0.4 is 9.47 Å². The Balaban J connectivity index is 2.05. The Morgan fingerprint density at radius 2 is 1.82 bits per heavy atom. The Kier molecular flexibility index (Phi) is 5.87. The zero-order valence-electron chi connectivity index (χ0n) is 12.1. The van der Waals surface area contributed by atoms with Crippen LogP contribution in [-0.4, -0.2) is 18.3 Å². The fourth-order valence-electron chi connectivity index (χ4n) is 1.88. The van der Waals surface area contributed by atoms with Gasteiger partial charge in [-0.05, 0) is 48.0 Å². The molecule has 2 aromatic rings. The summed E-state index contributed by atoms with van der Waals surface area (Å²) in [6.07, 6.45) is 0.424. The Labute approximate surface area is 133 Å². The average molecular weight is 313 g/mol. The number of ether oxygens (including phenoxy) is 2. The van der Waals surface area contributed by atoms with Crippen molar-refractivity contribution in [1.29, 1.82) is 5.26 Å². The highest BCUT2D eigenvalue weighted by molar-refractivity contribution is 8.04. The van der Waals surface area contributed by atoms with Gasteiger partial charge in [0.25, 0.3) is 0 Å². The van der Waals surface area contributed by atoms with Crippen LogP contribution in [-0.2, 0) is 11.2 Å². The zero-order valence-corrected chi connectivity index (χ0v) is 12.9. The molecule has 0 saturated heterocycles. The first-order chi connectivity index (χ1) is 10.7. The van der Waals surface area contributed by atoms with Crippen molar-refractivity contribution in [2.24, 2.45) is 0 Å². The lowest BCUT2D eigenvalue weighted by Crippen LogP contribution is -2.24. The van der Waals surface area contributed by atoms with Gasteiger partial charge < -0.3 is 9.47 Å². The first-order valence-corrected chi connectivity index (χ1v) is 7.55. The van der Waals surface area contributed by atoms with Crippen molar-refractivity contribution in [3.63, 3.8) is 0 Å². The highest BCUT2D eigenvalue weighted by atomic mass is 32.2. The summed E-state index contributed by atoms with van der Waals surface area (Å²) in [6, 6.07) is 16.2. The van der Waals surface area contributed by atoms with Crippen molar-refractivity contribution >= 4 is 17.7 Å². The molecule has 0 fully saturated rings. The largest absolute Gasteiger partial charge is 0.497 e. The van der Waals surface area contributed by atoms with Gasteiger partial charge >= 0.3 is 5.97 Å². The summed E-state index contributed by atoms with van der Waals surface area (Å²) >= 11 is 0.908. The molecule has 0 amide bonds. The normalized spacial score (nSPS) is 11.3. The molecule has 0 heterocycles. The number of hydrogen-bond donors (Lipinski definition) is 0. The lowest BCUT2D eigenvalue weighted by atomic mass is 10.1. The van der Waals surface area contributed by atoms with Crippen molar-refractivity contribution in [2.75, 3.05) is 7.11 Å². The first kappa shape index (κ1) is 15.9. The topological polar surface area (TPSA) is 59.3 Å². The lowest BCUT2D eigenvalue weighted by Gasteiger charge is -2.12. The molecule has 2 rings (SSSR count). The molecule has 112 valence electrons. The summed E-state index contributed by atoms with van der Waals surface area (Å²) in [6.45, 7) is 0. The van der Waals surface area contributed by atoms with Crippen molar-refractivity contribution in [2.45, 2.75) is 11.7 Å². The molecule has 0 aliphatic carbocycles. The molecule has 2 aromatic carbocycles. The van der Waals surface area contributed by atoms with Crippen LogP contribution in [0, 0.1) is 10.7 Å². The number of esters is 1. The Morgan fingerprint density at radius 1 is 1.14 bits per heavy atom. The fraction of sp³-hybridized carbons (Fsp3) is 0.176. The second kappa shape index (κ2) is 8.11. The SMILES string of the molecule is COc1ccc(CC(SC#N)C(=O)Oc2ccccc2)cc1. The lowest BCUT2D eigenvalue weighted by molar-refractivity contribution is -0.133. The summed E-state index contributed by atoms with van der Waals surface area (Å²) in [7, 11) is 1.60. The molecule has 0 radical (unpaired) electrons. The van der Waals surface area contributed by atoms with Crippen LogP contribution in [0.4, 0.5) is 0 Å².